The number of nitrogens with zero attached hydrogens (tertiary/aromatic N) is 2. The highest BCUT2D eigenvalue weighted by molar-refractivity contribution is 14.1. The molecule has 29 heavy (non-hydrogen) atoms. The number of hydrogen-bond acceptors (Lipinski definition) is 5. The molecule has 3 amide bonds. The minimum absolute atomic E-state index is 0.00339. The summed E-state index contributed by atoms with van der Waals surface area (Å²) in [5.41, 5.74) is 1.96. The molecule has 1 heterocycles. The Labute approximate surface area is 179 Å². The first-order valence-corrected chi connectivity index (χ1v) is 9.43. The number of carboxylic acid groups (broad SMARTS) is 1. The standard InChI is InChI=1S/C20H14IN3O5/c21-15-7-12(8-16-19(27)24(10-18(25)26)20(28)23-16)5-6-17(15)29-11-14-4-2-1-3-13(14)9-22/h1-8H,10-11H2,(H,23,28)(H,25,26)/b16-8+. The van der Waals surface area contributed by atoms with E-state index in [1.54, 1.807) is 30.3 Å². The van der Waals surface area contributed by atoms with Crippen molar-refractivity contribution in [3.8, 4) is 11.8 Å². The molecular weight excluding hydrogens is 489 g/mol. The molecule has 2 aromatic carbocycles. The number of ether oxygens (including phenoxy) is 1. The predicted molar refractivity (Wildman–Crippen MR) is 111 cm³/mol. The lowest BCUT2D eigenvalue weighted by Crippen LogP contribution is -2.35. The lowest BCUT2D eigenvalue weighted by molar-refractivity contribution is -0.140. The summed E-state index contributed by atoms with van der Waals surface area (Å²) in [5.74, 6) is -1.36. The van der Waals surface area contributed by atoms with Crippen LogP contribution in [0, 0.1) is 14.9 Å². The maximum atomic E-state index is 12.2. The van der Waals surface area contributed by atoms with Crippen molar-refractivity contribution in [1.82, 2.24) is 10.2 Å². The van der Waals surface area contributed by atoms with Crippen LogP contribution in [0.4, 0.5) is 4.79 Å². The van der Waals surface area contributed by atoms with Crippen molar-refractivity contribution >= 4 is 46.6 Å². The summed E-state index contributed by atoms with van der Waals surface area (Å²) in [7, 11) is 0. The topological polar surface area (TPSA) is 120 Å². The van der Waals surface area contributed by atoms with Gasteiger partial charge in [0, 0.05) is 5.56 Å². The van der Waals surface area contributed by atoms with E-state index in [4.69, 9.17) is 15.1 Å². The number of carbonyl (C=O) groups excluding carboxylic acids is 2. The second kappa shape index (κ2) is 8.74. The van der Waals surface area contributed by atoms with Crippen LogP contribution in [0.5, 0.6) is 5.75 Å². The summed E-state index contributed by atoms with van der Waals surface area (Å²) in [5, 5.41) is 20.3. The summed E-state index contributed by atoms with van der Waals surface area (Å²) >= 11 is 2.08. The molecule has 1 aliphatic rings. The summed E-state index contributed by atoms with van der Waals surface area (Å²) in [6.45, 7) is -0.463. The smallest absolute Gasteiger partial charge is 0.329 e. The molecule has 0 atom stereocenters. The molecule has 0 unspecified atom stereocenters. The molecule has 146 valence electrons. The Bertz CT molecular complexity index is 1070. The van der Waals surface area contributed by atoms with Gasteiger partial charge in [-0.2, -0.15) is 5.26 Å². The number of amides is 3. The first-order valence-electron chi connectivity index (χ1n) is 8.35. The van der Waals surface area contributed by atoms with E-state index in [9.17, 15) is 14.4 Å². The van der Waals surface area contributed by atoms with Gasteiger partial charge >= 0.3 is 12.0 Å². The van der Waals surface area contributed by atoms with Gasteiger partial charge in [0.15, 0.2) is 0 Å². The van der Waals surface area contributed by atoms with Crippen LogP contribution in [-0.2, 0) is 16.2 Å². The lowest BCUT2D eigenvalue weighted by Gasteiger charge is -2.10. The summed E-state index contributed by atoms with van der Waals surface area (Å²) in [4.78, 5) is 35.3. The van der Waals surface area contributed by atoms with Crippen LogP contribution >= 0.6 is 22.6 Å². The Hall–Kier alpha value is -3.39. The molecule has 0 spiro atoms. The lowest BCUT2D eigenvalue weighted by atomic mass is 10.1. The van der Waals surface area contributed by atoms with Crippen LogP contribution in [-0.4, -0.2) is 34.5 Å². The van der Waals surface area contributed by atoms with Crippen LogP contribution in [0.15, 0.2) is 48.2 Å². The SMILES string of the molecule is N#Cc1ccccc1COc1ccc(/C=C2/NC(=O)N(CC(=O)O)C2=O)cc1I. The van der Waals surface area contributed by atoms with Crippen molar-refractivity contribution < 1.29 is 24.2 Å². The number of benzene rings is 2. The van der Waals surface area contributed by atoms with Crippen LogP contribution in [0.25, 0.3) is 6.08 Å². The van der Waals surface area contributed by atoms with Gasteiger partial charge in [-0.05, 0) is 52.4 Å². The van der Waals surface area contributed by atoms with Crippen LogP contribution < -0.4 is 10.1 Å². The van der Waals surface area contributed by atoms with Gasteiger partial charge in [0.25, 0.3) is 5.91 Å². The van der Waals surface area contributed by atoms with Crippen molar-refractivity contribution in [3.05, 3.63) is 68.4 Å². The third kappa shape index (κ3) is 4.72. The Morgan fingerprint density at radius 3 is 2.72 bits per heavy atom. The molecule has 0 saturated carbocycles. The van der Waals surface area contributed by atoms with Gasteiger partial charge < -0.3 is 15.2 Å². The zero-order valence-corrected chi connectivity index (χ0v) is 17.0. The molecule has 9 heteroatoms. The molecular formula is C20H14IN3O5. The molecule has 2 aromatic rings. The fraction of sp³-hybridized carbons (Fsp3) is 0.100. The van der Waals surface area contributed by atoms with Gasteiger partial charge in [0.05, 0.1) is 15.2 Å². The summed E-state index contributed by atoms with van der Waals surface area (Å²) < 4.78 is 6.57. The van der Waals surface area contributed by atoms with Crippen LogP contribution in [0.1, 0.15) is 16.7 Å². The third-order valence-corrected chi connectivity index (χ3v) is 4.89. The maximum absolute atomic E-state index is 12.2. The maximum Gasteiger partial charge on any atom is 0.329 e. The summed E-state index contributed by atoms with van der Waals surface area (Å²) in [6, 6.07) is 13.7. The van der Waals surface area contributed by atoms with E-state index in [1.165, 1.54) is 6.08 Å². The fourth-order valence-electron chi connectivity index (χ4n) is 2.65. The second-order valence-corrected chi connectivity index (χ2v) is 7.18. The van der Waals surface area contributed by atoms with E-state index in [0.29, 0.717) is 21.8 Å². The number of aliphatic carboxylic acids is 1. The van der Waals surface area contributed by atoms with Crippen molar-refractivity contribution in [1.29, 1.82) is 5.26 Å². The molecule has 1 aliphatic heterocycles. The van der Waals surface area contributed by atoms with E-state index < -0.39 is 24.5 Å². The highest BCUT2D eigenvalue weighted by atomic mass is 127. The average molecular weight is 503 g/mol. The summed E-state index contributed by atoms with van der Waals surface area (Å²) in [6.07, 6.45) is 1.47. The zero-order chi connectivity index (χ0) is 21.0. The minimum atomic E-state index is -1.27. The van der Waals surface area contributed by atoms with Crippen molar-refractivity contribution in [3.63, 3.8) is 0 Å². The number of carbonyl (C=O) groups is 3. The van der Waals surface area contributed by atoms with Gasteiger partial charge in [0.1, 0.15) is 24.6 Å². The van der Waals surface area contributed by atoms with Gasteiger partial charge in [0.2, 0.25) is 0 Å². The Kier molecular flexibility index (Phi) is 6.13. The largest absolute Gasteiger partial charge is 0.488 e. The van der Waals surface area contributed by atoms with E-state index in [0.717, 1.165) is 9.13 Å². The van der Waals surface area contributed by atoms with Crippen LogP contribution in [0.2, 0.25) is 0 Å². The Balaban J connectivity index is 1.74. The second-order valence-electron chi connectivity index (χ2n) is 6.02. The van der Waals surface area contributed by atoms with E-state index >= 15 is 0 Å². The van der Waals surface area contributed by atoms with Gasteiger partial charge in [-0.3, -0.25) is 9.59 Å². The predicted octanol–water partition coefficient (Wildman–Crippen LogP) is 2.72. The molecule has 0 bridgehead atoms. The Morgan fingerprint density at radius 2 is 2.03 bits per heavy atom. The molecule has 1 saturated heterocycles. The zero-order valence-electron chi connectivity index (χ0n) is 14.9. The molecule has 2 N–H and O–H groups in total. The number of nitrogens with one attached hydrogen (secondary N) is 1. The number of urea groups is 1. The first-order chi connectivity index (χ1) is 13.9. The normalized spacial score (nSPS) is 14.6. The number of hydrogen-bond donors (Lipinski definition) is 2. The monoisotopic (exact) mass is 503 g/mol. The highest BCUT2D eigenvalue weighted by Gasteiger charge is 2.34. The molecule has 8 nitrogen and oxygen atoms in total. The van der Waals surface area contributed by atoms with E-state index in [2.05, 4.69) is 34.0 Å². The molecule has 3 rings (SSSR count). The Morgan fingerprint density at radius 1 is 1.28 bits per heavy atom. The third-order valence-electron chi connectivity index (χ3n) is 4.04. The van der Waals surface area contributed by atoms with Crippen molar-refractivity contribution in [2.75, 3.05) is 6.54 Å². The number of rotatable bonds is 6. The van der Waals surface area contributed by atoms with E-state index in [-0.39, 0.29) is 12.3 Å². The van der Waals surface area contributed by atoms with Crippen molar-refractivity contribution in [2.24, 2.45) is 0 Å². The average Bonchev–Trinajstić information content (AvgIpc) is 2.94. The van der Waals surface area contributed by atoms with Crippen molar-refractivity contribution in [2.45, 2.75) is 6.61 Å². The number of nitriles is 1. The molecule has 0 aliphatic carbocycles. The number of carboxylic acids is 1. The minimum Gasteiger partial charge on any atom is -0.488 e. The van der Waals surface area contributed by atoms with Crippen LogP contribution in [0.3, 0.4) is 0 Å². The molecule has 0 aromatic heterocycles. The van der Waals surface area contributed by atoms with Gasteiger partial charge in [-0.25, -0.2) is 9.69 Å². The van der Waals surface area contributed by atoms with Gasteiger partial charge in [-0.1, -0.05) is 24.3 Å². The molecule has 1 fully saturated rings. The van der Waals surface area contributed by atoms with E-state index in [1.807, 2.05) is 12.1 Å². The molecule has 0 radical (unpaired) electrons. The quantitative estimate of drug-likeness (QED) is 0.356. The highest BCUT2D eigenvalue weighted by Crippen LogP contribution is 2.25. The number of imide groups is 1. The van der Waals surface area contributed by atoms with Gasteiger partial charge in [-0.15, -0.1) is 0 Å². The first kappa shape index (κ1) is 20.3. The fourth-order valence-corrected chi connectivity index (χ4v) is 3.35. The number of halogens is 1.